The van der Waals surface area contributed by atoms with Crippen LogP contribution in [0.3, 0.4) is 0 Å². The molecule has 3 nitrogen and oxygen atoms in total. The van der Waals surface area contributed by atoms with Crippen molar-refractivity contribution in [1.82, 2.24) is 0 Å². The molecule has 0 spiro atoms. The quantitative estimate of drug-likeness (QED) is 0.598. The minimum atomic E-state index is -0.285. The predicted octanol–water partition coefficient (Wildman–Crippen LogP) is 4.45. The molecule has 2 atom stereocenters. The van der Waals surface area contributed by atoms with E-state index in [-0.39, 0.29) is 24.1 Å². The van der Waals surface area contributed by atoms with Gasteiger partial charge in [0.05, 0.1) is 22.8 Å². The van der Waals surface area contributed by atoms with E-state index in [0.717, 1.165) is 12.8 Å². The number of nitriles is 1. The normalized spacial score (nSPS) is 28.6. The zero-order chi connectivity index (χ0) is 16.7. The van der Waals surface area contributed by atoms with Crippen molar-refractivity contribution < 1.29 is 9.31 Å². The molecule has 1 heterocycles. The van der Waals surface area contributed by atoms with Gasteiger partial charge in [-0.3, -0.25) is 0 Å². The monoisotopic (exact) mass is 309 g/mol. The van der Waals surface area contributed by atoms with Gasteiger partial charge in [-0.15, -0.1) is 0 Å². The van der Waals surface area contributed by atoms with Crippen molar-refractivity contribution in [3.63, 3.8) is 0 Å². The average molecular weight is 309 g/mol. The van der Waals surface area contributed by atoms with Crippen LogP contribution in [0.4, 0.5) is 0 Å². The second kappa shape index (κ2) is 5.81. The topological polar surface area (TPSA) is 42.2 Å². The van der Waals surface area contributed by atoms with Gasteiger partial charge in [0.1, 0.15) is 0 Å². The minimum absolute atomic E-state index is 0.183. The van der Waals surface area contributed by atoms with Gasteiger partial charge in [-0.05, 0) is 64.2 Å². The lowest BCUT2D eigenvalue weighted by Crippen LogP contribution is -2.41. The highest BCUT2D eigenvalue weighted by Gasteiger charge is 2.53. The molecule has 1 aromatic carbocycles. The molecule has 1 aliphatic heterocycles. The number of allylic oxidation sites excluding steroid dienone is 2. The van der Waals surface area contributed by atoms with Gasteiger partial charge in [-0.2, -0.15) is 5.26 Å². The first-order valence-corrected chi connectivity index (χ1v) is 8.35. The Morgan fingerprint density at radius 3 is 2.26 bits per heavy atom. The van der Waals surface area contributed by atoms with Crippen LogP contribution in [0, 0.1) is 11.3 Å². The summed E-state index contributed by atoms with van der Waals surface area (Å²) >= 11 is 0. The largest absolute Gasteiger partial charge is 0.465 e. The molecule has 2 aliphatic rings. The van der Waals surface area contributed by atoms with Crippen LogP contribution in [0.25, 0.3) is 0 Å². The zero-order valence-corrected chi connectivity index (χ0v) is 14.4. The Balaban J connectivity index is 1.73. The van der Waals surface area contributed by atoms with Crippen LogP contribution >= 0.6 is 0 Å². The van der Waals surface area contributed by atoms with Gasteiger partial charge >= 0.3 is 7.12 Å². The Hall–Kier alpha value is -1.57. The predicted molar refractivity (Wildman–Crippen MR) is 92.1 cm³/mol. The third-order valence-electron chi connectivity index (χ3n) is 5.49. The van der Waals surface area contributed by atoms with Crippen molar-refractivity contribution in [2.45, 2.75) is 63.5 Å². The first-order valence-electron chi connectivity index (χ1n) is 8.35. The molecular weight excluding hydrogens is 285 g/mol. The van der Waals surface area contributed by atoms with Gasteiger partial charge in [0.2, 0.25) is 0 Å². The first-order chi connectivity index (χ1) is 10.8. The third-order valence-corrected chi connectivity index (χ3v) is 5.49. The lowest BCUT2D eigenvalue weighted by Gasteiger charge is -2.32. The molecule has 1 aromatic rings. The van der Waals surface area contributed by atoms with E-state index in [0.29, 0.717) is 11.5 Å². The van der Waals surface area contributed by atoms with Gasteiger partial charge in [0.15, 0.2) is 0 Å². The second-order valence-corrected chi connectivity index (χ2v) is 7.62. The molecule has 1 fully saturated rings. The fraction of sp³-hybridized carbons (Fsp3) is 0.526. The third kappa shape index (κ3) is 3.09. The molecule has 0 N–H and O–H groups in total. The zero-order valence-electron chi connectivity index (χ0n) is 14.4. The maximum Gasteiger partial charge on any atom is 0.465 e. The number of benzene rings is 1. The van der Waals surface area contributed by atoms with Crippen LogP contribution in [0.2, 0.25) is 5.82 Å². The van der Waals surface area contributed by atoms with E-state index in [1.807, 2.05) is 12.1 Å². The summed E-state index contributed by atoms with van der Waals surface area (Å²) < 4.78 is 12.4. The molecule has 3 rings (SSSR count). The lowest BCUT2D eigenvalue weighted by molar-refractivity contribution is 0.00578. The highest BCUT2D eigenvalue weighted by atomic mass is 16.7. The number of hydrogen-bond acceptors (Lipinski definition) is 3. The highest BCUT2D eigenvalue weighted by molar-refractivity contribution is 6.48. The lowest BCUT2D eigenvalue weighted by atomic mass is 9.64. The molecule has 1 aliphatic carbocycles. The standard InChI is InChI=1S/C19H24BNO2/c1-18(2)19(3,4)23-20(22-18)17-7-5-6-16(12-17)15-10-8-14(13-21)9-11-15/h5,7-11,16-17H,6,12H2,1-4H3/t16-,17+/m0/s1. The molecule has 120 valence electrons. The highest BCUT2D eigenvalue weighted by Crippen LogP contribution is 2.44. The van der Waals surface area contributed by atoms with E-state index in [4.69, 9.17) is 14.6 Å². The van der Waals surface area contributed by atoms with Gasteiger partial charge in [0, 0.05) is 5.82 Å². The SMILES string of the molecule is CC1(C)OB([C@@H]2C=CC[C@H](c3ccc(C#N)cc3)C2)OC1(C)C. The van der Waals surface area contributed by atoms with E-state index < -0.39 is 0 Å². The van der Waals surface area contributed by atoms with Crippen molar-refractivity contribution >= 4 is 7.12 Å². The average Bonchev–Trinajstić information content (AvgIpc) is 2.76. The summed E-state index contributed by atoms with van der Waals surface area (Å²) in [5, 5.41) is 8.93. The molecule has 0 amide bonds. The van der Waals surface area contributed by atoms with Crippen LogP contribution in [-0.2, 0) is 9.31 Å². The summed E-state index contributed by atoms with van der Waals surface area (Å²) in [5.74, 6) is 0.724. The van der Waals surface area contributed by atoms with Crippen LogP contribution < -0.4 is 0 Å². The molecule has 0 unspecified atom stereocenters. The van der Waals surface area contributed by atoms with Gasteiger partial charge < -0.3 is 9.31 Å². The van der Waals surface area contributed by atoms with E-state index in [9.17, 15) is 0 Å². The van der Waals surface area contributed by atoms with E-state index >= 15 is 0 Å². The fourth-order valence-corrected chi connectivity index (χ4v) is 3.29. The smallest absolute Gasteiger partial charge is 0.403 e. The Kier molecular flexibility index (Phi) is 4.12. The van der Waals surface area contributed by atoms with Crippen LogP contribution in [0.1, 0.15) is 57.6 Å². The maximum absolute atomic E-state index is 8.93. The Morgan fingerprint density at radius 2 is 1.70 bits per heavy atom. The number of rotatable bonds is 2. The Bertz CT molecular complexity index is 626. The van der Waals surface area contributed by atoms with Crippen molar-refractivity contribution in [3.8, 4) is 6.07 Å². The number of nitrogens with zero attached hydrogens (tertiary/aromatic N) is 1. The summed E-state index contributed by atoms with van der Waals surface area (Å²) in [6, 6.07) is 10.1. The number of hydrogen-bond donors (Lipinski definition) is 0. The van der Waals surface area contributed by atoms with Crippen molar-refractivity contribution in [2.75, 3.05) is 0 Å². The van der Waals surface area contributed by atoms with Crippen LogP contribution in [0.5, 0.6) is 0 Å². The molecule has 23 heavy (non-hydrogen) atoms. The van der Waals surface area contributed by atoms with Crippen molar-refractivity contribution in [1.29, 1.82) is 5.26 Å². The fourth-order valence-electron chi connectivity index (χ4n) is 3.29. The first kappa shape index (κ1) is 16.3. The molecule has 0 aromatic heterocycles. The molecular formula is C19H24BNO2. The molecule has 0 bridgehead atoms. The second-order valence-electron chi connectivity index (χ2n) is 7.62. The summed E-state index contributed by atoms with van der Waals surface area (Å²) in [6.45, 7) is 8.38. The van der Waals surface area contributed by atoms with Crippen molar-refractivity contribution in [2.24, 2.45) is 0 Å². The minimum Gasteiger partial charge on any atom is -0.403 e. The summed E-state index contributed by atoms with van der Waals surface area (Å²) in [4.78, 5) is 0. The van der Waals surface area contributed by atoms with E-state index in [1.54, 1.807) is 0 Å². The Labute approximate surface area is 139 Å². The molecule has 0 saturated carbocycles. The van der Waals surface area contributed by atoms with E-state index in [2.05, 4.69) is 58.0 Å². The van der Waals surface area contributed by atoms with Crippen molar-refractivity contribution in [3.05, 3.63) is 47.5 Å². The maximum atomic E-state index is 8.93. The Morgan fingerprint density at radius 1 is 1.09 bits per heavy atom. The van der Waals surface area contributed by atoms with Gasteiger partial charge in [-0.25, -0.2) is 0 Å². The molecule has 0 radical (unpaired) electrons. The van der Waals surface area contributed by atoms with Gasteiger partial charge in [0.25, 0.3) is 0 Å². The molecule has 1 saturated heterocycles. The van der Waals surface area contributed by atoms with E-state index in [1.165, 1.54) is 5.56 Å². The summed E-state index contributed by atoms with van der Waals surface area (Å²) in [6.07, 6.45) is 6.52. The molecule has 4 heteroatoms. The van der Waals surface area contributed by atoms with Crippen LogP contribution in [-0.4, -0.2) is 18.3 Å². The van der Waals surface area contributed by atoms with Gasteiger partial charge in [-0.1, -0.05) is 24.3 Å². The summed E-state index contributed by atoms with van der Waals surface area (Å²) in [7, 11) is -0.183. The van der Waals surface area contributed by atoms with Crippen LogP contribution in [0.15, 0.2) is 36.4 Å². The summed E-state index contributed by atoms with van der Waals surface area (Å²) in [5.41, 5.74) is 1.43.